The second-order valence-corrected chi connectivity index (χ2v) is 10.9. The molecule has 5 aromatic rings. The van der Waals surface area contributed by atoms with Gasteiger partial charge in [0.05, 0.1) is 7.11 Å². The SMILES string of the molecule is COc1c(-c2c(C)c(C)c(-c3ccncc3)c(C)c2C)cccc1-c1c(C)c(C)c(-c2ccncc2)c(C)c1C. The minimum atomic E-state index is 0.922. The summed E-state index contributed by atoms with van der Waals surface area (Å²) in [5.74, 6) is 0.922. The minimum absolute atomic E-state index is 0.922. The van der Waals surface area contributed by atoms with Gasteiger partial charge < -0.3 is 4.74 Å². The van der Waals surface area contributed by atoms with Gasteiger partial charge in [-0.25, -0.2) is 0 Å². The Balaban J connectivity index is 1.77. The summed E-state index contributed by atoms with van der Waals surface area (Å²) in [5, 5.41) is 0. The minimum Gasteiger partial charge on any atom is -0.495 e. The highest BCUT2D eigenvalue weighted by Gasteiger charge is 2.24. The maximum atomic E-state index is 6.28. The van der Waals surface area contributed by atoms with Crippen molar-refractivity contribution in [3.8, 4) is 50.3 Å². The smallest absolute Gasteiger partial charge is 0.134 e. The molecule has 0 saturated heterocycles. The van der Waals surface area contributed by atoms with Gasteiger partial charge in [-0.1, -0.05) is 18.2 Å². The topological polar surface area (TPSA) is 35.0 Å². The van der Waals surface area contributed by atoms with E-state index in [1.54, 1.807) is 7.11 Å². The van der Waals surface area contributed by atoms with Crippen molar-refractivity contribution >= 4 is 0 Å². The first kappa shape index (κ1) is 27.3. The second-order valence-electron chi connectivity index (χ2n) is 10.9. The quantitative estimate of drug-likeness (QED) is 0.229. The molecule has 0 aliphatic rings. The van der Waals surface area contributed by atoms with E-state index in [0.29, 0.717) is 0 Å². The summed E-state index contributed by atoms with van der Waals surface area (Å²) >= 11 is 0. The van der Waals surface area contributed by atoms with Crippen molar-refractivity contribution in [3.05, 3.63) is 112 Å². The summed E-state index contributed by atoms with van der Waals surface area (Å²) in [6.45, 7) is 17.9. The fraction of sp³-hybridized carbons (Fsp3) is 0.243. The number of benzene rings is 3. The molecule has 0 aliphatic carbocycles. The van der Waals surface area contributed by atoms with Crippen LogP contribution >= 0.6 is 0 Å². The zero-order valence-corrected chi connectivity index (χ0v) is 25.2. The van der Waals surface area contributed by atoms with Crippen LogP contribution in [0.4, 0.5) is 0 Å². The van der Waals surface area contributed by atoms with Gasteiger partial charge in [-0.15, -0.1) is 0 Å². The summed E-state index contributed by atoms with van der Waals surface area (Å²) in [6.07, 6.45) is 7.48. The van der Waals surface area contributed by atoms with Gasteiger partial charge in [-0.3, -0.25) is 9.97 Å². The normalized spacial score (nSPS) is 11.1. The average Bonchev–Trinajstić information content (AvgIpc) is 2.97. The highest BCUT2D eigenvalue weighted by Crippen LogP contribution is 2.48. The Kier molecular flexibility index (Phi) is 7.33. The first-order valence-corrected chi connectivity index (χ1v) is 13.9. The molecule has 0 unspecified atom stereocenters. The molecule has 2 heterocycles. The lowest BCUT2D eigenvalue weighted by Gasteiger charge is -2.25. The van der Waals surface area contributed by atoms with E-state index in [2.05, 4.69) is 108 Å². The Morgan fingerprint density at radius 3 is 1.02 bits per heavy atom. The van der Waals surface area contributed by atoms with Crippen LogP contribution in [0.5, 0.6) is 5.75 Å². The fourth-order valence-corrected chi connectivity index (χ4v) is 6.49. The van der Waals surface area contributed by atoms with Crippen LogP contribution in [0.3, 0.4) is 0 Å². The molecule has 0 radical (unpaired) electrons. The molecule has 3 aromatic carbocycles. The number of hydrogen-bond acceptors (Lipinski definition) is 3. The standard InChI is InChI=1S/C37H38N2O/c1-21-25(5)35(26(6)22(2)33(21)29-13-17-38-18-14-29)31-11-10-12-32(37(31)40-9)36-27(7)23(3)34(24(4)28(36)8)30-15-19-39-20-16-30/h10-20H,1-9H3. The van der Waals surface area contributed by atoms with E-state index in [1.165, 1.54) is 77.9 Å². The highest BCUT2D eigenvalue weighted by molar-refractivity contribution is 5.92. The lowest BCUT2D eigenvalue weighted by atomic mass is 9.80. The molecule has 0 N–H and O–H groups in total. The average molecular weight is 527 g/mol. The van der Waals surface area contributed by atoms with Crippen LogP contribution in [0.1, 0.15) is 44.5 Å². The number of methoxy groups -OCH3 is 1. The summed E-state index contributed by atoms with van der Waals surface area (Å²) in [4.78, 5) is 8.46. The third-order valence-corrected chi connectivity index (χ3v) is 8.95. The molecular formula is C37H38N2O. The van der Waals surface area contributed by atoms with Crippen molar-refractivity contribution in [2.24, 2.45) is 0 Å². The molecule has 0 atom stereocenters. The molecular weight excluding hydrogens is 488 g/mol. The van der Waals surface area contributed by atoms with Crippen LogP contribution < -0.4 is 4.74 Å². The number of hydrogen-bond donors (Lipinski definition) is 0. The number of nitrogens with zero attached hydrogens (tertiary/aromatic N) is 2. The van der Waals surface area contributed by atoms with Crippen molar-refractivity contribution in [2.45, 2.75) is 55.4 Å². The Morgan fingerprint density at radius 2 is 0.725 bits per heavy atom. The summed E-state index contributed by atoms with van der Waals surface area (Å²) in [5.41, 5.74) is 20.0. The largest absolute Gasteiger partial charge is 0.495 e. The second kappa shape index (κ2) is 10.7. The van der Waals surface area contributed by atoms with Gasteiger partial charge in [0.2, 0.25) is 0 Å². The Hall–Kier alpha value is -4.24. The third kappa shape index (κ3) is 4.30. The van der Waals surface area contributed by atoms with Crippen molar-refractivity contribution < 1.29 is 4.74 Å². The van der Waals surface area contributed by atoms with Crippen molar-refractivity contribution in [1.29, 1.82) is 0 Å². The summed E-state index contributed by atoms with van der Waals surface area (Å²) < 4.78 is 6.28. The lowest BCUT2D eigenvalue weighted by Crippen LogP contribution is -2.04. The first-order valence-electron chi connectivity index (χ1n) is 13.9. The molecule has 0 spiro atoms. The molecule has 0 aliphatic heterocycles. The van der Waals surface area contributed by atoms with E-state index >= 15 is 0 Å². The molecule has 40 heavy (non-hydrogen) atoms. The fourth-order valence-electron chi connectivity index (χ4n) is 6.49. The molecule has 3 heteroatoms. The first-order chi connectivity index (χ1) is 19.2. The van der Waals surface area contributed by atoms with Gasteiger partial charge >= 0.3 is 0 Å². The van der Waals surface area contributed by atoms with Crippen LogP contribution in [0.2, 0.25) is 0 Å². The maximum absolute atomic E-state index is 6.28. The number of rotatable bonds is 5. The van der Waals surface area contributed by atoms with Gasteiger partial charge in [0.15, 0.2) is 0 Å². The Bertz CT molecular complexity index is 1550. The molecule has 0 amide bonds. The van der Waals surface area contributed by atoms with E-state index in [-0.39, 0.29) is 0 Å². The van der Waals surface area contributed by atoms with Crippen LogP contribution in [0.15, 0.2) is 67.3 Å². The van der Waals surface area contributed by atoms with Crippen LogP contribution in [-0.2, 0) is 0 Å². The van der Waals surface area contributed by atoms with Crippen molar-refractivity contribution in [1.82, 2.24) is 9.97 Å². The van der Waals surface area contributed by atoms with Gasteiger partial charge in [0, 0.05) is 35.9 Å². The number of aromatic nitrogens is 2. The monoisotopic (exact) mass is 526 g/mol. The summed E-state index contributed by atoms with van der Waals surface area (Å²) in [6, 6.07) is 15.0. The van der Waals surface area contributed by atoms with E-state index in [0.717, 1.165) is 16.9 Å². The molecule has 2 aromatic heterocycles. The molecule has 202 valence electrons. The zero-order valence-electron chi connectivity index (χ0n) is 25.2. The van der Waals surface area contributed by atoms with Gasteiger partial charge in [0.25, 0.3) is 0 Å². The van der Waals surface area contributed by atoms with Gasteiger partial charge in [-0.05, 0) is 158 Å². The van der Waals surface area contributed by atoms with Gasteiger partial charge in [-0.2, -0.15) is 0 Å². The van der Waals surface area contributed by atoms with E-state index in [1.807, 2.05) is 24.8 Å². The molecule has 0 bridgehead atoms. The van der Waals surface area contributed by atoms with E-state index in [9.17, 15) is 0 Å². The van der Waals surface area contributed by atoms with Gasteiger partial charge in [0.1, 0.15) is 5.75 Å². The predicted molar refractivity (Wildman–Crippen MR) is 168 cm³/mol. The Labute approximate surface area is 238 Å². The number of ether oxygens (including phenoxy) is 1. The molecule has 5 rings (SSSR count). The molecule has 0 saturated carbocycles. The van der Waals surface area contributed by atoms with E-state index < -0.39 is 0 Å². The van der Waals surface area contributed by atoms with E-state index in [4.69, 9.17) is 4.74 Å². The Morgan fingerprint density at radius 1 is 0.425 bits per heavy atom. The third-order valence-electron chi connectivity index (χ3n) is 8.95. The lowest BCUT2D eigenvalue weighted by molar-refractivity contribution is 0.418. The van der Waals surface area contributed by atoms with Crippen molar-refractivity contribution in [3.63, 3.8) is 0 Å². The van der Waals surface area contributed by atoms with Crippen LogP contribution in [-0.4, -0.2) is 17.1 Å². The molecule has 0 fully saturated rings. The maximum Gasteiger partial charge on any atom is 0.134 e. The predicted octanol–water partition coefficient (Wildman–Crippen LogP) is 9.62. The number of para-hydroxylation sites is 1. The zero-order chi connectivity index (χ0) is 28.7. The van der Waals surface area contributed by atoms with Crippen molar-refractivity contribution in [2.75, 3.05) is 7.11 Å². The highest BCUT2D eigenvalue weighted by atomic mass is 16.5. The van der Waals surface area contributed by atoms with Crippen LogP contribution in [0.25, 0.3) is 44.5 Å². The van der Waals surface area contributed by atoms with Crippen LogP contribution in [0, 0.1) is 55.4 Å². The number of pyridine rings is 2. The summed E-state index contributed by atoms with van der Waals surface area (Å²) in [7, 11) is 1.80. The molecule has 3 nitrogen and oxygen atoms in total.